The number of carbonyl (C=O) groups is 2. The summed E-state index contributed by atoms with van der Waals surface area (Å²) >= 11 is 1.58. The standard InChI is InChI=1S/C29H33N3O3S/c1-17-8-5-10-21(14-17)27-26(31-20(4)36-27)29(34)32-13-7-9-18(2)24(32)16-30-28(33)22-11-6-12-25-23(22)15-19(3)35-25/h5-6,10-12,14-15,17-18,24H,7-9,13,16H2,1-4H3,(H,30,33). The summed E-state index contributed by atoms with van der Waals surface area (Å²) in [4.78, 5) is 34.6. The number of benzene rings is 1. The lowest BCUT2D eigenvalue weighted by molar-refractivity contribution is 0.0502. The quantitative estimate of drug-likeness (QED) is 0.453. The molecule has 7 heteroatoms. The lowest BCUT2D eigenvalue weighted by Crippen LogP contribution is -2.53. The average Bonchev–Trinajstić information content (AvgIpc) is 3.44. The molecule has 3 heterocycles. The molecule has 2 aromatic heterocycles. The molecule has 1 aliphatic carbocycles. The highest BCUT2D eigenvalue weighted by atomic mass is 32.1. The Morgan fingerprint density at radius 3 is 2.89 bits per heavy atom. The molecule has 5 rings (SSSR count). The van der Waals surface area contributed by atoms with Crippen molar-refractivity contribution in [2.24, 2.45) is 11.8 Å². The van der Waals surface area contributed by atoms with Crippen molar-refractivity contribution in [1.82, 2.24) is 15.2 Å². The zero-order chi connectivity index (χ0) is 25.4. The summed E-state index contributed by atoms with van der Waals surface area (Å²) in [5, 5.41) is 4.81. The van der Waals surface area contributed by atoms with Gasteiger partial charge >= 0.3 is 0 Å². The molecule has 2 aliphatic rings. The van der Waals surface area contributed by atoms with E-state index in [2.05, 4.69) is 42.4 Å². The number of nitrogens with one attached hydrogen (secondary N) is 1. The van der Waals surface area contributed by atoms with Crippen LogP contribution in [0.1, 0.15) is 69.6 Å². The zero-order valence-electron chi connectivity index (χ0n) is 21.3. The minimum Gasteiger partial charge on any atom is -0.461 e. The molecular weight excluding hydrogens is 470 g/mol. The number of likely N-dealkylation sites (tertiary alicyclic amines) is 1. The van der Waals surface area contributed by atoms with Crippen LogP contribution >= 0.6 is 11.3 Å². The smallest absolute Gasteiger partial charge is 0.274 e. The largest absolute Gasteiger partial charge is 0.461 e. The van der Waals surface area contributed by atoms with Gasteiger partial charge in [-0.3, -0.25) is 9.59 Å². The fraction of sp³-hybridized carbons (Fsp3) is 0.414. The van der Waals surface area contributed by atoms with E-state index in [1.807, 2.05) is 43.0 Å². The Balaban J connectivity index is 1.38. The van der Waals surface area contributed by atoms with Crippen molar-refractivity contribution in [3.63, 3.8) is 0 Å². The van der Waals surface area contributed by atoms with E-state index in [1.54, 1.807) is 11.3 Å². The summed E-state index contributed by atoms with van der Waals surface area (Å²) in [5.41, 5.74) is 2.91. The average molecular weight is 504 g/mol. The van der Waals surface area contributed by atoms with Gasteiger partial charge in [0.2, 0.25) is 0 Å². The molecule has 6 nitrogen and oxygen atoms in total. The van der Waals surface area contributed by atoms with E-state index in [1.165, 1.54) is 0 Å². The molecule has 0 saturated carbocycles. The normalized spacial score (nSPS) is 22.1. The number of allylic oxidation sites excluding steroid dienone is 4. The van der Waals surface area contributed by atoms with Crippen LogP contribution in [0.5, 0.6) is 0 Å². The summed E-state index contributed by atoms with van der Waals surface area (Å²) < 4.78 is 5.69. The number of furan rings is 1. The van der Waals surface area contributed by atoms with Crippen LogP contribution in [0.25, 0.3) is 16.5 Å². The van der Waals surface area contributed by atoms with Gasteiger partial charge in [0, 0.05) is 18.5 Å². The Hall–Kier alpha value is -3.19. The van der Waals surface area contributed by atoms with Gasteiger partial charge in [-0.05, 0) is 68.7 Å². The number of hydrogen-bond donors (Lipinski definition) is 1. The molecule has 0 bridgehead atoms. The van der Waals surface area contributed by atoms with E-state index in [0.717, 1.165) is 45.9 Å². The van der Waals surface area contributed by atoms with Crippen LogP contribution in [0.4, 0.5) is 0 Å². The van der Waals surface area contributed by atoms with Crippen LogP contribution in [0.2, 0.25) is 0 Å². The van der Waals surface area contributed by atoms with Crippen molar-refractivity contribution in [3.05, 3.63) is 69.4 Å². The van der Waals surface area contributed by atoms with Crippen molar-refractivity contribution in [2.75, 3.05) is 13.1 Å². The number of amides is 2. The molecule has 1 fully saturated rings. The number of piperidine rings is 1. The Morgan fingerprint density at radius 1 is 1.25 bits per heavy atom. The van der Waals surface area contributed by atoms with Gasteiger partial charge in [0.1, 0.15) is 17.0 Å². The van der Waals surface area contributed by atoms with Crippen LogP contribution in [-0.4, -0.2) is 40.8 Å². The third-order valence-electron chi connectivity index (χ3n) is 7.25. The number of hydrogen-bond acceptors (Lipinski definition) is 5. The summed E-state index contributed by atoms with van der Waals surface area (Å²) in [7, 11) is 0. The number of rotatable bonds is 5. The Bertz CT molecular complexity index is 1370. The summed E-state index contributed by atoms with van der Waals surface area (Å²) in [6, 6.07) is 7.32. The second-order valence-electron chi connectivity index (χ2n) is 10.1. The third-order valence-corrected chi connectivity index (χ3v) is 8.27. The monoisotopic (exact) mass is 503 g/mol. The predicted molar refractivity (Wildman–Crippen MR) is 144 cm³/mol. The molecule has 3 atom stereocenters. The molecule has 1 aliphatic heterocycles. The lowest BCUT2D eigenvalue weighted by Gasteiger charge is -2.40. The highest BCUT2D eigenvalue weighted by Crippen LogP contribution is 2.34. The third kappa shape index (κ3) is 4.76. The molecule has 0 radical (unpaired) electrons. The number of carbonyl (C=O) groups excluding carboxylic acids is 2. The minimum absolute atomic E-state index is 0.0414. The van der Waals surface area contributed by atoms with Gasteiger partial charge < -0.3 is 14.6 Å². The fourth-order valence-electron chi connectivity index (χ4n) is 5.39. The van der Waals surface area contributed by atoms with Crippen molar-refractivity contribution < 1.29 is 14.0 Å². The van der Waals surface area contributed by atoms with Crippen molar-refractivity contribution >= 4 is 39.7 Å². The molecule has 3 aromatic rings. The Kier molecular flexibility index (Phi) is 6.84. The maximum Gasteiger partial charge on any atom is 0.274 e. The molecule has 0 spiro atoms. The lowest BCUT2D eigenvalue weighted by atomic mass is 9.90. The maximum absolute atomic E-state index is 13.9. The highest BCUT2D eigenvalue weighted by molar-refractivity contribution is 7.13. The number of thiazole rings is 1. The molecule has 36 heavy (non-hydrogen) atoms. The van der Waals surface area contributed by atoms with E-state index in [0.29, 0.717) is 35.8 Å². The van der Waals surface area contributed by atoms with E-state index in [4.69, 9.17) is 4.42 Å². The first-order chi connectivity index (χ1) is 17.3. The first-order valence-electron chi connectivity index (χ1n) is 12.8. The van der Waals surface area contributed by atoms with Crippen LogP contribution < -0.4 is 5.32 Å². The van der Waals surface area contributed by atoms with E-state index >= 15 is 0 Å². The van der Waals surface area contributed by atoms with Gasteiger partial charge in [0.25, 0.3) is 11.8 Å². The van der Waals surface area contributed by atoms with Crippen molar-refractivity contribution in [2.45, 2.75) is 53.0 Å². The topological polar surface area (TPSA) is 75.4 Å². The molecule has 1 saturated heterocycles. The van der Waals surface area contributed by atoms with Gasteiger partial charge in [0.05, 0.1) is 21.5 Å². The van der Waals surface area contributed by atoms with Crippen LogP contribution in [-0.2, 0) is 0 Å². The van der Waals surface area contributed by atoms with Crippen molar-refractivity contribution in [3.8, 4) is 0 Å². The first-order valence-corrected chi connectivity index (χ1v) is 13.6. The first kappa shape index (κ1) is 24.5. The second kappa shape index (κ2) is 10.1. The number of fused-ring (bicyclic) bond motifs is 1. The van der Waals surface area contributed by atoms with Gasteiger partial charge in [-0.1, -0.05) is 38.1 Å². The molecular formula is C29H33N3O3S. The summed E-state index contributed by atoms with van der Waals surface area (Å²) in [5.74, 6) is 1.29. The second-order valence-corrected chi connectivity index (χ2v) is 11.3. The van der Waals surface area contributed by atoms with Crippen LogP contribution in [0.15, 0.2) is 46.9 Å². The maximum atomic E-state index is 13.9. The minimum atomic E-state index is -0.150. The number of nitrogens with zero attached hydrogens (tertiary/aromatic N) is 2. The van der Waals surface area contributed by atoms with E-state index in [9.17, 15) is 9.59 Å². The molecule has 1 N–H and O–H groups in total. The van der Waals surface area contributed by atoms with Gasteiger partial charge in [0.15, 0.2) is 0 Å². The van der Waals surface area contributed by atoms with E-state index in [-0.39, 0.29) is 23.8 Å². The Labute approximate surface area is 216 Å². The summed E-state index contributed by atoms with van der Waals surface area (Å²) in [6.07, 6.45) is 9.50. The van der Waals surface area contributed by atoms with Crippen molar-refractivity contribution in [1.29, 1.82) is 0 Å². The van der Waals surface area contributed by atoms with E-state index < -0.39 is 0 Å². The predicted octanol–water partition coefficient (Wildman–Crippen LogP) is 6.16. The van der Waals surface area contributed by atoms with Crippen LogP contribution in [0.3, 0.4) is 0 Å². The molecule has 2 amide bonds. The number of aryl methyl sites for hydroxylation is 2. The summed E-state index contributed by atoms with van der Waals surface area (Å²) in [6.45, 7) is 9.25. The van der Waals surface area contributed by atoms with Gasteiger partial charge in [-0.2, -0.15) is 0 Å². The van der Waals surface area contributed by atoms with Crippen LogP contribution in [0, 0.1) is 25.7 Å². The Morgan fingerprint density at radius 2 is 2.08 bits per heavy atom. The zero-order valence-corrected chi connectivity index (χ0v) is 22.2. The molecule has 188 valence electrons. The van der Waals surface area contributed by atoms with Gasteiger partial charge in [-0.15, -0.1) is 11.3 Å². The fourth-order valence-corrected chi connectivity index (χ4v) is 6.30. The van der Waals surface area contributed by atoms with Gasteiger partial charge in [-0.25, -0.2) is 4.98 Å². The SMILES string of the molecule is Cc1cc2c(C(=O)NCC3C(C)CCCN3C(=O)c3nc(C)sc3C3=CC(C)CC=C3)cccc2o1. The highest BCUT2D eigenvalue weighted by Gasteiger charge is 2.35. The number of aromatic nitrogens is 1. The molecule has 3 unspecified atom stereocenters. The molecule has 1 aromatic carbocycles.